The maximum atomic E-state index is 12.4. The van der Waals surface area contributed by atoms with Crippen molar-refractivity contribution in [2.24, 2.45) is 0 Å². The molecule has 1 aliphatic heterocycles. The summed E-state index contributed by atoms with van der Waals surface area (Å²) in [5, 5.41) is 11.7. The third kappa shape index (κ3) is 5.36. The van der Waals surface area contributed by atoms with E-state index in [2.05, 4.69) is 20.4 Å². The Kier molecular flexibility index (Phi) is 7.66. The van der Waals surface area contributed by atoms with Crippen molar-refractivity contribution in [2.75, 3.05) is 26.2 Å². The number of nitrogens with zero attached hydrogens (tertiary/aromatic N) is 3. The van der Waals surface area contributed by atoms with Gasteiger partial charge in [-0.2, -0.15) is 0 Å². The van der Waals surface area contributed by atoms with Crippen molar-refractivity contribution < 1.29 is 14.3 Å². The first-order valence-corrected chi connectivity index (χ1v) is 10.3. The van der Waals surface area contributed by atoms with Crippen molar-refractivity contribution in [3.05, 3.63) is 51.8 Å². The second-order valence-electron chi connectivity index (χ2n) is 6.72. The van der Waals surface area contributed by atoms with Crippen LogP contribution in [0.5, 0.6) is 5.75 Å². The largest absolute Gasteiger partial charge is 0.474 e. The maximum absolute atomic E-state index is 12.4. The Bertz CT molecular complexity index is 852. The molecule has 0 saturated carbocycles. The number of ether oxygens (including phenoxy) is 2. The van der Waals surface area contributed by atoms with Gasteiger partial charge in [0.25, 0.3) is 0 Å². The maximum Gasteiger partial charge on any atom is 0.341 e. The molecule has 7 nitrogen and oxygen atoms in total. The van der Waals surface area contributed by atoms with E-state index in [9.17, 15) is 4.79 Å². The highest BCUT2D eigenvalue weighted by atomic mass is 35.5. The van der Waals surface area contributed by atoms with Crippen LogP contribution in [0.4, 0.5) is 0 Å². The number of rotatable bonds is 7. The number of hydrogen-bond donors (Lipinski definition) is 1. The molecular weight excluding hydrogens is 415 g/mol. The van der Waals surface area contributed by atoms with Gasteiger partial charge in [0.05, 0.1) is 12.6 Å². The Labute approximate surface area is 180 Å². The topological polar surface area (TPSA) is 76.6 Å². The molecule has 1 aliphatic rings. The summed E-state index contributed by atoms with van der Waals surface area (Å²) < 4.78 is 11.5. The van der Waals surface area contributed by atoms with Crippen LogP contribution in [0.1, 0.15) is 42.2 Å². The van der Waals surface area contributed by atoms with E-state index in [0.29, 0.717) is 29.6 Å². The minimum atomic E-state index is -0.389. The number of halogens is 2. The van der Waals surface area contributed by atoms with Gasteiger partial charge in [0, 0.05) is 25.2 Å². The van der Waals surface area contributed by atoms with Crippen LogP contribution < -0.4 is 10.1 Å². The number of nitrogens with one attached hydrogen (secondary N) is 1. The zero-order valence-electron chi connectivity index (χ0n) is 16.4. The summed E-state index contributed by atoms with van der Waals surface area (Å²) in [5.74, 6) is 0.0926. The predicted molar refractivity (Wildman–Crippen MR) is 111 cm³/mol. The molecule has 2 atom stereocenters. The first kappa shape index (κ1) is 21.8. The number of aromatic nitrogens is 2. The van der Waals surface area contributed by atoms with E-state index in [-0.39, 0.29) is 23.4 Å². The van der Waals surface area contributed by atoms with E-state index < -0.39 is 0 Å². The molecular formula is C20H24Cl2N4O3. The molecule has 1 fully saturated rings. The summed E-state index contributed by atoms with van der Waals surface area (Å²) in [7, 11) is 0. The highest BCUT2D eigenvalue weighted by Gasteiger charge is 2.31. The number of piperazine rings is 1. The SMILES string of the molecule is CCCOC(=O)c1ccccc1OC(C)N1CCNCC1c1cc(Cl)nnc1Cl. The van der Waals surface area contributed by atoms with Gasteiger partial charge in [-0.3, -0.25) is 4.90 Å². The van der Waals surface area contributed by atoms with Crippen LogP contribution in [0.2, 0.25) is 10.3 Å². The van der Waals surface area contributed by atoms with E-state index in [4.69, 9.17) is 32.7 Å². The van der Waals surface area contributed by atoms with Crippen LogP contribution in [-0.2, 0) is 4.74 Å². The lowest BCUT2D eigenvalue weighted by atomic mass is 10.1. The number of hydrogen-bond acceptors (Lipinski definition) is 7. The van der Waals surface area contributed by atoms with Crippen molar-refractivity contribution in [2.45, 2.75) is 32.5 Å². The van der Waals surface area contributed by atoms with Crippen molar-refractivity contribution >= 4 is 29.2 Å². The fraction of sp³-hybridized carbons (Fsp3) is 0.450. The molecule has 1 saturated heterocycles. The smallest absolute Gasteiger partial charge is 0.341 e. The molecule has 156 valence electrons. The number of para-hydroxylation sites is 1. The third-order valence-electron chi connectivity index (χ3n) is 4.70. The molecule has 1 aromatic heterocycles. The molecule has 2 unspecified atom stereocenters. The third-order valence-corrected chi connectivity index (χ3v) is 5.18. The van der Waals surface area contributed by atoms with Gasteiger partial charge in [-0.25, -0.2) is 4.79 Å². The van der Waals surface area contributed by atoms with E-state index in [0.717, 1.165) is 25.1 Å². The first-order chi connectivity index (χ1) is 14.0. The van der Waals surface area contributed by atoms with Gasteiger partial charge in [0.15, 0.2) is 10.3 Å². The normalized spacial score (nSPS) is 18.3. The van der Waals surface area contributed by atoms with Gasteiger partial charge in [0.2, 0.25) is 0 Å². The fourth-order valence-electron chi connectivity index (χ4n) is 3.31. The molecule has 0 spiro atoms. The Balaban J connectivity index is 1.81. The Morgan fingerprint density at radius 3 is 2.93 bits per heavy atom. The lowest BCUT2D eigenvalue weighted by Crippen LogP contribution is -2.51. The van der Waals surface area contributed by atoms with Gasteiger partial charge >= 0.3 is 5.97 Å². The second kappa shape index (κ2) is 10.2. The van der Waals surface area contributed by atoms with E-state index in [1.54, 1.807) is 24.3 Å². The quantitative estimate of drug-likeness (QED) is 0.659. The highest BCUT2D eigenvalue weighted by molar-refractivity contribution is 6.31. The molecule has 9 heteroatoms. The molecule has 2 aromatic rings. The summed E-state index contributed by atoms with van der Waals surface area (Å²) in [6.45, 7) is 6.45. The Hall–Kier alpha value is -1.93. The predicted octanol–water partition coefficient (Wildman–Crippen LogP) is 3.72. The minimum absolute atomic E-state index is 0.0987. The summed E-state index contributed by atoms with van der Waals surface area (Å²) in [6.07, 6.45) is 0.432. The molecule has 3 rings (SSSR count). The lowest BCUT2D eigenvalue weighted by Gasteiger charge is -2.40. The summed E-state index contributed by atoms with van der Waals surface area (Å²) in [6, 6.07) is 8.73. The van der Waals surface area contributed by atoms with Crippen molar-refractivity contribution in [3.63, 3.8) is 0 Å². The highest BCUT2D eigenvalue weighted by Crippen LogP contribution is 2.31. The molecule has 0 bridgehead atoms. The van der Waals surface area contributed by atoms with Crippen molar-refractivity contribution in [3.8, 4) is 5.75 Å². The summed E-state index contributed by atoms with van der Waals surface area (Å²) in [4.78, 5) is 14.5. The second-order valence-corrected chi connectivity index (χ2v) is 7.47. The molecule has 0 radical (unpaired) electrons. The zero-order chi connectivity index (χ0) is 20.8. The fourth-order valence-corrected chi connectivity index (χ4v) is 3.68. The van der Waals surface area contributed by atoms with Gasteiger partial charge in [-0.05, 0) is 31.5 Å². The van der Waals surface area contributed by atoms with E-state index >= 15 is 0 Å². The van der Waals surface area contributed by atoms with Gasteiger partial charge < -0.3 is 14.8 Å². The van der Waals surface area contributed by atoms with Crippen LogP contribution in [0.15, 0.2) is 30.3 Å². The van der Waals surface area contributed by atoms with E-state index in [1.807, 2.05) is 19.9 Å². The number of carbonyl (C=O) groups excluding carboxylic acids is 1. The summed E-state index contributed by atoms with van der Waals surface area (Å²) in [5.41, 5.74) is 1.19. The average molecular weight is 439 g/mol. The molecule has 1 aromatic carbocycles. The van der Waals surface area contributed by atoms with Crippen LogP contribution >= 0.6 is 23.2 Å². The monoisotopic (exact) mass is 438 g/mol. The molecule has 0 aliphatic carbocycles. The van der Waals surface area contributed by atoms with Gasteiger partial charge in [-0.15, -0.1) is 10.2 Å². The van der Waals surface area contributed by atoms with Crippen molar-refractivity contribution in [1.82, 2.24) is 20.4 Å². The van der Waals surface area contributed by atoms with Gasteiger partial charge in [0.1, 0.15) is 17.5 Å². The number of carbonyl (C=O) groups is 1. The molecule has 0 amide bonds. The summed E-state index contributed by atoms with van der Waals surface area (Å²) >= 11 is 12.3. The van der Waals surface area contributed by atoms with E-state index in [1.165, 1.54) is 0 Å². The Morgan fingerprint density at radius 1 is 1.34 bits per heavy atom. The number of esters is 1. The number of benzene rings is 1. The van der Waals surface area contributed by atoms with Crippen LogP contribution in [0.25, 0.3) is 0 Å². The lowest BCUT2D eigenvalue weighted by molar-refractivity contribution is -0.00680. The standard InChI is InChI=1S/C20H24Cl2N4O3/c1-3-10-28-20(27)14-6-4-5-7-17(14)29-13(2)26-9-8-23-12-16(26)15-11-18(21)24-25-19(15)22/h4-7,11,13,16,23H,3,8-10,12H2,1-2H3. The Morgan fingerprint density at radius 2 is 2.14 bits per heavy atom. The van der Waals surface area contributed by atoms with Crippen molar-refractivity contribution in [1.29, 1.82) is 0 Å². The minimum Gasteiger partial charge on any atom is -0.474 e. The van der Waals surface area contributed by atoms with Crippen LogP contribution in [0, 0.1) is 0 Å². The molecule has 2 heterocycles. The molecule has 29 heavy (non-hydrogen) atoms. The molecule has 1 N–H and O–H groups in total. The van der Waals surface area contributed by atoms with Crippen LogP contribution in [0.3, 0.4) is 0 Å². The average Bonchev–Trinajstić information content (AvgIpc) is 2.74. The van der Waals surface area contributed by atoms with Crippen LogP contribution in [-0.4, -0.2) is 53.5 Å². The van der Waals surface area contributed by atoms with Gasteiger partial charge in [-0.1, -0.05) is 42.3 Å². The first-order valence-electron chi connectivity index (χ1n) is 9.59. The zero-order valence-corrected chi connectivity index (χ0v) is 17.9.